The van der Waals surface area contributed by atoms with Crippen LogP contribution in [0.5, 0.6) is 0 Å². The van der Waals surface area contributed by atoms with Crippen LogP contribution in [-0.2, 0) is 14.8 Å². The van der Waals surface area contributed by atoms with E-state index in [1.54, 1.807) is 0 Å². The Morgan fingerprint density at radius 1 is 1.28 bits per heavy atom. The van der Waals surface area contributed by atoms with E-state index in [2.05, 4.69) is 10.2 Å². The smallest absolute Gasteiger partial charge is 0.243 e. The molecule has 1 N–H and O–H groups in total. The Labute approximate surface area is 146 Å². The minimum Gasteiger partial charge on any atom is -0.351 e. The maximum Gasteiger partial charge on any atom is 0.243 e. The van der Waals surface area contributed by atoms with E-state index in [-0.39, 0.29) is 11.7 Å². The quantitative estimate of drug-likeness (QED) is 0.843. The summed E-state index contributed by atoms with van der Waals surface area (Å²) in [4.78, 5) is 14.7. The van der Waals surface area contributed by atoms with Gasteiger partial charge < -0.3 is 10.2 Å². The van der Waals surface area contributed by atoms with Crippen molar-refractivity contribution >= 4 is 21.6 Å². The molecular weight excluding hydrogens is 352 g/mol. The maximum atomic E-state index is 13.5. The zero-order chi connectivity index (χ0) is 18.8. The highest BCUT2D eigenvalue weighted by atomic mass is 32.2. The van der Waals surface area contributed by atoms with Gasteiger partial charge in [0.1, 0.15) is 6.04 Å². The van der Waals surface area contributed by atoms with Crippen LogP contribution in [0.2, 0.25) is 0 Å². The number of piperidine rings is 1. The van der Waals surface area contributed by atoms with E-state index in [1.807, 2.05) is 7.05 Å². The molecule has 1 fully saturated rings. The summed E-state index contributed by atoms with van der Waals surface area (Å²) in [6, 6.07) is 1.64. The molecule has 140 valence electrons. The predicted molar refractivity (Wildman–Crippen MR) is 91.8 cm³/mol. The molecule has 0 aromatic heterocycles. The molecule has 6 nitrogen and oxygen atoms in total. The fourth-order valence-corrected chi connectivity index (χ4v) is 4.07. The molecule has 1 saturated heterocycles. The summed E-state index contributed by atoms with van der Waals surface area (Å²) < 4.78 is 51.7. The number of carbonyl (C=O) groups excluding carboxylic acids is 1. The summed E-state index contributed by atoms with van der Waals surface area (Å²) >= 11 is 0. The lowest BCUT2D eigenvalue weighted by molar-refractivity contribution is -0.122. The van der Waals surface area contributed by atoms with Gasteiger partial charge in [0.25, 0.3) is 0 Å². The van der Waals surface area contributed by atoms with Gasteiger partial charge in [-0.1, -0.05) is 0 Å². The van der Waals surface area contributed by atoms with E-state index in [9.17, 15) is 22.0 Å². The number of nitrogens with zero attached hydrogens (tertiary/aromatic N) is 2. The second kappa shape index (κ2) is 7.65. The summed E-state index contributed by atoms with van der Waals surface area (Å²) in [7, 11) is -1.87. The van der Waals surface area contributed by atoms with Gasteiger partial charge in [-0.05, 0) is 52.0 Å². The van der Waals surface area contributed by atoms with Crippen molar-refractivity contribution in [3.8, 4) is 0 Å². The highest BCUT2D eigenvalue weighted by Gasteiger charge is 2.31. The van der Waals surface area contributed by atoms with Gasteiger partial charge in [0.15, 0.2) is 11.6 Å². The molecule has 1 aliphatic heterocycles. The van der Waals surface area contributed by atoms with Crippen LogP contribution in [0.1, 0.15) is 19.8 Å². The highest BCUT2D eigenvalue weighted by molar-refractivity contribution is 7.92. The summed E-state index contributed by atoms with van der Waals surface area (Å²) in [5.74, 6) is -2.72. The normalized spacial score (nSPS) is 18.0. The molecule has 1 aliphatic rings. The van der Waals surface area contributed by atoms with Crippen molar-refractivity contribution in [2.45, 2.75) is 31.8 Å². The first-order chi connectivity index (χ1) is 11.6. The van der Waals surface area contributed by atoms with E-state index < -0.39 is 33.6 Å². The second-order valence-electron chi connectivity index (χ2n) is 6.42. The average Bonchev–Trinajstić information content (AvgIpc) is 2.51. The van der Waals surface area contributed by atoms with Crippen molar-refractivity contribution in [3.63, 3.8) is 0 Å². The monoisotopic (exact) mass is 375 g/mol. The minimum absolute atomic E-state index is 0.0301. The summed E-state index contributed by atoms with van der Waals surface area (Å²) in [5.41, 5.74) is -0.0903. The van der Waals surface area contributed by atoms with Crippen LogP contribution in [0.3, 0.4) is 0 Å². The molecule has 0 unspecified atom stereocenters. The zero-order valence-electron chi connectivity index (χ0n) is 14.5. The number of likely N-dealkylation sites (tertiary alicyclic amines) is 1. The van der Waals surface area contributed by atoms with E-state index >= 15 is 0 Å². The van der Waals surface area contributed by atoms with Gasteiger partial charge in [0, 0.05) is 12.1 Å². The molecular formula is C16H23F2N3O3S. The fraction of sp³-hybridized carbons (Fsp3) is 0.562. The van der Waals surface area contributed by atoms with Crippen LogP contribution in [0, 0.1) is 11.6 Å². The van der Waals surface area contributed by atoms with Gasteiger partial charge in [0.05, 0.1) is 11.9 Å². The van der Waals surface area contributed by atoms with Gasteiger partial charge in [-0.15, -0.1) is 0 Å². The van der Waals surface area contributed by atoms with E-state index in [0.29, 0.717) is 0 Å². The largest absolute Gasteiger partial charge is 0.351 e. The number of rotatable bonds is 5. The number of hydrogen-bond donors (Lipinski definition) is 1. The van der Waals surface area contributed by atoms with Crippen LogP contribution in [0.4, 0.5) is 14.5 Å². The van der Waals surface area contributed by atoms with Crippen molar-refractivity contribution in [3.05, 3.63) is 29.8 Å². The number of nitrogens with one attached hydrogen (secondary N) is 1. The average molecular weight is 375 g/mol. The summed E-state index contributed by atoms with van der Waals surface area (Å²) in [6.07, 6.45) is 2.48. The van der Waals surface area contributed by atoms with Gasteiger partial charge >= 0.3 is 0 Å². The fourth-order valence-electron chi connectivity index (χ4n) is 2.91. The van der Waals surface area contributed by atoms with Crippen molar-refractivity contribution in [1.29, 1.82) is 0 Å². The van der Waals surface area contributed by atoms with Crippen molar-refractivity contribution in [2.24, 2.45) is 0 Å². The molecule has 0 radical (unpaired) electrons. The van der Waals surface area contributed by atoms with Crippen LogP contribution >= 0.6 is 0 Å². The van der Waals surface area contributed by atoms with E-state index in [0.717, 1.165) is 54.7 Å². The van der Waals surface area contributed by atoms with Gasteiger partial charge in [-0.2, -0.15) is 0 Å². The molecule has 0 spiro atoms. The first-order valence-electron chi connectivity index (χ1n) is 8.03. The van der Waals surface area contributed by atoms with E-state index in [4.69, 9.17) is 0 Å². The molecule has 9 heteroatoms. The SMILES string of the molecule is C[C@@H](C(=O)NC1CCN(C)CC1)N(c1ccc(F)c(F)c1)S(C)(=O)=O. The Morgan fingerprint density at radius 3 is 2.40 bits per heavy atom. The number of anilines is 1. The molecule has 25 heavy (non-hydrogen) atoms. The number of hydrogen-bond acceptors (Lipinski definition) is 4. The summed E-state index contributed by atoms with van der Waals surface area (Å²) in [5, 5.41) is 2.85. The molecule has 1 aromatic carbocycles. The van der Waals surface area contributed by atoms with E-state index in [1.165, 1.54) is 6.92 Å². The number of carbonyl (C=O) groups is 1. The molecule has 1 amide bonds. The van der Waals surface area contributed by atoms with Crippen LogP contribution in [-0.4, -0.2) is 57.7 Å². The first kappa shape index (κ1) is 19.6. The molecule has 0 bridgehead atoms. The van der Waals surface area contributed by atoms with Crippen LogP contribution < -0.4 is 9.62 Å². The van der Waals surface area contributed by atoms with Crippen LogP contribution in [0.25, 0.3) is 0 Å². The third-order valence-electron chi connectivity index (χ3n) is 4.31. The summed E-state index contributed by atoms with van der Waals surface area (Å²) in [6.45, 7) is 3.11. The first-order valence-corrected chi connectivity index (χ1v) is 9.88. The minimum atomic E-state index is -3.87. The number of sulfonamides is 1. The Morgan fingerprint density at radius 2 is 1.88 bits per heavy atom. The molecule has 1 atom stereocenters. The number of amides is 1. The second-order valence-corrected chi connectivity index (χ2v) is 8.28. The lowest BCUT2D eigenvalue weighted by Gasteiger charge is -2.33. The number of halogens is 2. The maximum absolute atomic E-state index is 13.5. The van der Waals surface area contributed by atoms with Gasteiger partial charge in [-0.3, -0.25) is 9.10 Å². The highest BCUT2D eigenvalue weighted by Crippen LogP contribution is 2.23. The Bertz CT molecular complexity index is 734. The molecule has 2 rings (SSSR count). The zero-order valence-corrected chi connectivity index (χ0v) is 15.3. The molecule has 0 aliphatic carbocycles. The lowest BCUT2D eigenvalue weighted by atomic mass is 10.1. The Balaban J connectivity index is 2.19. The van der Waals surface area contributed by atoms with Gasteiger partial charge in [-0.25, -0.2) is 17.2 Å². The Hall–Kier alpha value is -1.74. The predicted octanol–water partition coefficient (Wildman–Crippen LogP) is 1.33. The van der Waals surface area contributed by atoms with Gasteiger partial charge in [0.2, 0.25) is 15.9 Å². The third kappa shape index (κ3) is 4.88. The van der Waals surface area contributed by atoms with Crippen molar-refractivity contribution in [2.75, 3.05) is 30.7 Å². The number of benzene rings is 1. The lowest BCUT2D eigenvalue weighted by Crippen LogP contribution is -2.52. The van der Waals surface area contributed by atoms with Crippen molar-refractivity contribution < 1.29 is 22.0 Å². The topological polar surface area (TPSA) is 69.7 Å². The Kier molecular flexibility index (Phi) is 5.99. The standard InChI is InChI=1S/C16H23F2N3O3S/c1-11(16(22)19-12-6-8-20(2)9-7-12)21(25(3,23)24)13-4-5-14(17)15(18)10-13/h4-5,10-12H,6-9H2,1-3H3,(H,19,22)/t11-/m0/s1. The molecule has 0 saturated carbocycles. The molecule has 1 heterocycles. The third-order valence-corrected chi connectivity index (χ3v) is 5.55. The molecule has 1 aromatic rings. The van der Waals surface area contributed by atoms with Crippen LogP contribution in [0.15, 0.2) is 18.2 Å². The van der Waals surface area contributed by atoms with Crippen molar-refractivity contribution in [1.82, 2.24) is 10.2 Å².